The molecule has 0 amide bonds. The molecule has 0 saturated heterocycles. The molecule has 2 nitrogen and oxygen atoms in total. The number of carbonyl (C=O) groups excluding carboxylic acids is 1. The van der Waals surface area contributed by atoms with Crippen LogP contribution in [0.15, 0.2) is 66.7 Å². The van der Waals surface area contributed by atoms with E-state index in [1.165, 1.54) is 5.39 Å². The molecule has 0 aliphatic heterocycles. The van der Waals surface area contributed by atoms with E-state index in [9.17, 15) is 4.79 Å². The minimum Gasteiger partial charge on any atom is -0.457 e. The van der Waals surface area contributed by atoms with Gasteiger partial charge in [0.1, 0.15) is 17.8 Å². The van der Waals surface area contributed by atoms with Crippen LogP contribution in [0.2, 0.25) is 0 Å². The van der Waals surface area contributed by atoms with Gasteiger partial charge in [0, 0.05) is 12.0 Å². The second kappa shape index (κ2) is 5.57. The molecule has 2 heteroatoms. The molecule has 3 aromatic carbocycles. The first-order chi connectivity index (χ1) is 9.86. The average Bonchev–Trinajstić information content (AvgIpc) is 2.49. The molecule has 3 rings (SSSR count). The Kier molecular flexibility index (Phi) is 3.46. The highest BCUT2D eigenvalue weighted by atomic mass is 16.5. The van der Waals surface area contributed by atoms with E-state index in [4.69, 9.17) is 4.74 Å². The summed E-state index contributed by atoms with van der Waals surface area (Å²) in [6, 6.07) is 21.7. The molecule has 0 saturated carbocycles. The fraction of sp³-hybridized carbons (Fsp3) is 0.0556. The Bertz CT molecular complexity index is 747. The summed E-state index contributed by atoms with van der Waals surface area (Å²) in [4.78, 5) is 10.7. The molecule has 20 heavy (non-hydrogen) atoms. The molecule has 0 atom stereocenters. The average molecular weight is 262 g/mol. The first-order valence-corrected chi connectivity index (χ1v) is 6.55. The summed E-state index contributed by atoms with van der Waals surface area (Å²) in [6.07, 6.45) is 1.26. The van der Waals surface area contributed by atoms with E-state index in [2.05, 4.69) is 12.1 Å². The van der Waals surface area contributed by atoms with Gasteiger partial charge in [-0.2, -0.15) is 0 Å². The summed E-state index contributed by atoms with van der Waals surface area (Å²) in [6.45, 7) is 0. The van der Waals surface area contributed by atoms with Crippen molar-refractivity contribution >= 4 is 17.1 Å². The van der Waals surface area contributed by atoms with Gasteiger partial charge in [-0.05, 0) is 29.0 Å². The maximum Gasteiger partial charge on any atom is 0.131 e. The van der Waals surface area contributed by atoms with Crippen LogP contribution in [0.1, 0.15) is 5.56 Å². The normalized spacial score (nSPS) is 10.4. The minimum absolute atomic E-state index is 0.365. The summed E-state index contributed by atoms with van der Waals surface area (Å²) in [5.41, 5.74) is 0.899. The highest BCUT2D eigenvalue weighted by Gasteiger charge is 2.04. The monoisotopic (exact) mass is 262 g/mol. The van der Waals surface area contributed by atoms with Gasteiger partial charge in [0.2, 0.25) is 0 Å². The first kappa shape index (κ1) is 12.4. The van der Waals surface area contributed by atoms with Crippen LogP contribution < -0.4 is 4.74 Å². The van der Waals surface area contributed by atoms with E-state index in [0.717, 1.165) is 28.7 Å². The number of benzene rings is 3. The Morgan fingerprint density at radius 2 is 1.60 bits per heavy atom. The molecule has 0 aliphatic rings. The smallest absolute Gasteiger partial charge is 0.131 e. The number of hydrogen-bond acceptors (Lipinski definition) is 2. The molecule has 0 N–H and O–H groups in total. The highest BCUT2D eigenvalue weighted by molar-refractivity contribution is 5.83. The lowest BCUT2D eigenvalue weighted by atomic mass is 10.1. The van der Waals surface area contributed by atoms with Crippen molar-refractivity contribution < 1.29 is 9.53 Å². The molecule has 0 aliphatic carbocycles. The summed E-state index contributed by atoms with van der Waals surface area (Å²) in [5, 5.41) is 2.32. The molecular formula is C18H14O2. The summed E-state index contributed by atoms with van der Waals surface area (Å²) in [7, 11) is 0. The van der Waals surface area contributed by atoms with E-state index in [1.54, 1.807) is 0 Å². The van der Waals surface area contributed by atoms with E-state index in [-0.39, 0.29) is 0 Å². The number of para-hydroxylation sites is 1. The molecule has 0 fully saturated rings. The predicted molar refractivity (Wildman–Crippen MR) is 80.2 cm³/mol. The zero-order valence-electron chi connectivity index (χ0n) is 11.0. The Balaban J connectivity index is 1.94. The zero-order valence-corrected chi connectivity index (χ0v) is 11.0. The fourth-order valence-electron chi connectivity index (χ4n) is 2.22. The van der Waals surface area contributed by atoms with Gasteiger partial charge >= 0.3 is 0 Å². The molecule has 0 aromatic heterocycles. The third-order valence-corrected chi connectivity index (χ3v) is 3.22. The quantitative estimate of drug-likeness (QED) is 0.652. The van der Waals surface area contributed by atoms with Gasteiger partial charge in [-0.25, -0.2) is 0 Å². The highest BCUT2D eigenvalue weighted by Crippen LogP contribution is 2.28. The van der Waals surface area contributed by atoms with Crippen molar-refractivity contribution in [3.63, 3.8) is 0 Å². The van der Waals surface area contributed by atoms with Crippen LogP contribution >= 0.6 is 0 Å². The van der Waals surface area contributed by atoms with Gasteiger partial charge < -0.3 is 9.53 Å². The Labute approximate surface area is 117 Å². The number of carbonyl (C=O) groups is 1. The van der Waals surface area contributed by atoms with Crippen LogP contribution in [0, 0.1) is 0 Å². The van der Waals surface area contributed by atoms with Gasteiger partial charge in [0.25, 0.3) is 0 Å². The topological polar surface area (TPSA) is 26.3 Å². The molecule has 3 aromatic rings. The van der Waals surface area contributed by atoms with Gasteiger partial charge in [-0.15, -0.1) is 0 Å². The van der Waals surface area contributed by atoms with Crippen molar-refractivity contribution in [2.45, 2.75) is 6.42 Å². The van der Waals surface area contributed by atoms with Gasteiger partial charge in [0.05, 0.1) is 0 Å². The summed E-state index contributed by atoms with van der Waals surface area (Å²) in [5.74, 6) is 1.51. The van der Waals surface area contributed by atoms with Gasteiger partial charge in [0.15, 0.2) is 0 Å². The number of rotatable bonds is 4. The minimum atomic E-state index is 0.365. The van der Waals surface area contributed by atoms with Crippen molar-refractivity contribution in [2.75, 3.05) is 0 Å². The van der Waals surface area contributed by atoms with Crippen molar-refractivity contribution in [2.24, 2.45) is 0 Å². The predicted octanol–water partition coefficient (Wildman–Crippen LogP) is 4.37. The van der Waals surface area contributed by atoms with E-state index in [1.807, 2.05) is 54.6 Å². The number of fused-ring (bicyclic) bond motifs is 1. The van der Waals surface area contributed by atoms with Crippen LogP contribution in [0.3, 0.4) is 0 Å². The number of aldehydes is 1. The molecule has 0 unspecified atom stereocenters. The van der Waals surface area contributed by atoms with Crippen LogP contribution in [-0.4, -0.2) is 6.29 Å². The van der Waals surface area contributed by atoms with Gasteiger partial charge in [-0.3, -0.25) is 0 Å². The third kappa shape index (κ3) is 2.54. The van der Waals surface area contributed by atoms with E-state index >= 15 is 0 Å². The van der Waals surface area contributed by atoms with E-state index in [0.29, 0.717) is 6.42 Å². The molecule has 0 heterocycles. The molecule has 98 valence electrons. The van der Waals surface area contributed by atoms with Crippen LogP contribution in [0.25, 0.3) is 10.8 Å². The lowest BCUT2D eigenvalue weighted by Crippen LogP contribution is -1.92. The maximum atomic E-state index is 10.7. The zero-order chi connectivity index (χ0) is 13.8. The Morgan fingerprint density at radius 1 is 0.850 bits per heavy atom. The standard InChI is InChI=1S/C18H14O2/c19-12-11-15-6-3-4-8-18(15)20-17-10-9-14-5-1-2-7-16(14)13-17/h1-10,12-13H,11H2. The Morgan fingerprint density at radius 3 is 2.45 bits per heavy atom. The number of hydrogen-bond donors (Lipinski definition) is 0. The second-order valence-electron chi connectivity index (χ2n) is 4.59. The third-order valence-electron chi connectivity index (χ3n) is 3.22. The van der Waals surface area contributed by atoms with E-state index < -0.39 is 0 Å². The van der Waals surface area contributed by atoms with Crippen LogP contribution in [0.5, 0.6) is 11.5 Å². The largest absolute Gasteiger partial charge is 0.457 e. The summed E-state index contributed by atoms with van der Waals surface area (Å²) >= 11 is 0. The lowest BCUT2D eigenvalue weighted by molar-refractivity contribution is -0.107. The van der Waals surface area contributed by atoms with Crippen molar-refractivity contribution in [3.05, 3.63) is 72.3 Å². The van der Waals surface area contributed by atoms with Crippen molar-refractivity contribution in [3.8, 4) is 11.5 Å². The first-order valence-electron chi connectivity index (χ1n) is 6.55. The lowest BCUT2D eigenvalue weighted by Gasteiger charge is -2.10. The molecule has 0 spiro atoms. The summed E-state index contributed by atoms with van der Waals surface area (Å²) < 4.78 is 5.91. The van der Waals surface area contributed by atoms with Crippen molar-refractivity contribution in [1.29, 1.82) is 0 Å². The Hall–Kier alpha value is -2.61. The second-order valence-corrected chi connectivity index (χ2v) is 4.59. The van der Waals surface area contributed by atoms with Gasteiger partial charge in [-0.1, -0.05) is 48.5 Å². The SMILES string of the molecule is O=CCc1ccccc1Oc1ccc2ccccc2c1. The van der Waals surface area contributed by atoms with Crippen LogP contribution in [-0.2, 0) is 11.2 Å². The maximum absolute atomic E-state index is 10.7. The molecular weight excluding hydrogens is 248 g/mol. The fourth-order valence-corrected chi connectivity index (χ4v) is 2.22. The van der Waals surface area contributed by atoms with Crippen LogP contribution in [0.4, 0.5) is 0 Å². The molecule has 0 radical (unpaired) electrons. The number of ether oxygens (including phenoxy) is 1. The van der Waals surface area contributed by atoms with Crippen molar-refractivity contribution in [1.82, 2.24) is 0 Å². The molecule has 0 bridgehead atoms.